The quantitative estimate of drug-likeness (QED) is 0.254. The molecule has 194 valence electrons. The molecule has 1 aliphatic rings. The van der Waals surface area contributed by atoms with Crippen LogP contribution in [0.25, 0.3) is 11.1 Å². The van der Waals surface area contributed by atoms with Crippen LogP contribution in [0.3, 0.4) is 0 Å². The third-order valence-electron chi connectivity index (χ3n) is 6.98. The van der Waals surface area contributed by atoms with Gasteiger partial charge in [-0.1, -0.05) is 72.8 Å². The van der Waals surface area contributed by atoms with Gasteiger partial charge in [0.1, 0.15) is 0 Å². The summed E-state index contributed by atoms with van der Waals surface area (Å²) in [6, 6.07) is 28.9. The third-order valence-corrected chi connectivity index (χ3v) is 9.20. The summed E-state index contributed by atoms with van der Waals surface area (Å²) >= 11 is 0. The predicted octanol–water partition coefficient (Wildman–Crippen LogP) is 9.99. The highest BCUT2D eigenvalue weighted by Gasteiger charge is 2.27. The van der Waals surface area contributed by atoms with Crippen molar-refractivity contribution in [2.45, 2.75) is 38.5 Å². The number of nitrogens with one attached hydrogen (secondary N) is 2. The Morgan fingerprint density at radius 2 is 1.16 bits per heavy atom. The van der Waals surface area contributed by atoms with Crippen LogP contribution in [0.2, 0.25) is 0 Å². The molecule has 0 radical (unpaired) electrons. The van der Waals surface area contributed by atoms with Crippen LogP contribution in [0.4, 0.5) is 17.1 Å². The maximum absolute atomic E-state index is 3.99. The van der Waals surface area contributed by atoms with E-state index in [2.05, 4.69) is 153 Å². The summed E-state index contributed by atoms with van der Waals surface area (Å²) in [7, 11) is -1.44. The largest absolute Gasteiger partial charge is 0.355 e. The van der Waals surface area contributed by atoms with Crippen molar-refractivity contribution >= 4 is 27.3 Å². The Bertz CT molecular complexity index is 1490. The highest BCUT2D eigenvalue weighted by Crippen LogP contribution is 2.57. The molecule has 0 unspecified atom stereocenters. The first kappa shape index (κ1) is 25.9. The van der Waals surface area contributed by atoms with Gasteiger partial charge in [-0.3, -0.25) is 0 Å². The summed E-state index contributed by atoms with van der Waals surface area (Å²) < 4.78 is 3.99. The van der Waals surface area contributed by atoms with Crippen molar-refractivity contribution in [3.63, 3.8) is 0 Å². The van der Waals surface area contributed by atoms with Crippen molar-refractivity contribution in [2.75, 3.05) is 22.6 Å². The van der Waals surface area contributed by atoms with Gasteiger partial charge in [0.25, 0.3) is 0 Å². The summed E-state index contributed by atoms with van der Waals surface area (Å²) in [4.78, 5) is 1.40. The van der Waals surface area contributed by atoms with Crippen LogP contribution in [0.5, 0.6) is 0 Å². The van der Waals surface area contributed by atoms with Gasteiger partial charge in [0.2, 0.25) is 0 Å². The Morgan fingerprint density at radius 3 is 1.79 bits per heavy atom. The minimum Gasteiger partial charge on any atom is -0.355 e. The van der Waals surface area contributed by atoms with Crippen LogP contribution in [0.15, 0.2) is 108 Å². The van der Waals surface area contributed by atoms with Crippen LogP contribution in [-0.4, -0.2) is 12.5 Å². The first-order valence-electron chi connectivity index (χ1n) is 13.2. The molecule has 2 nitrogen and oxygen atoms in total. The molecular formula is C35H38N2S. The Hall–Kier alpha value is -3.69. The average molecular weight is 519 g/mol. The van der Waals surface area contributed by atoms with Gasteiger partial charge in [-0.15, -0.1) is 10.2 Å². The van der Waals surface area contributed by atoms with E-state index in [1.165, 1.54) is 49.5 Å². The highest BCUT2D eigenvalue weighted by atomic mass is 32.3. The predicted molar refractivity (Wildman–Crippen MR) is 169 cm³/mol. The molecule has 0 aliphatic heterocycles. The van der Waals surface area contributed by atoms with Crippen molar-refractivity contribution in [3.8, 4) is 11.1 Å². The van der Waals surface area contributed by atoms with Crippen LogP contribution < -0.4 is 10.0 Å². The van der Waals surface area contributed by atoms with E-state index in [-0.39, 0.29) is 5.92 Å². The van der Waals surface area contributed by atoms with E-state index in [9.17, 15) is 0 Å². The van der Waals surface area contributed by atoms with Crippen LogP contribution in [-0.2, 0) is 0 Å². The zero-order chi connectivity index (χ0) is 26.9. The van der Waals surface area contributed by atoms with E-state index in [1.54, 1.807) is 0 Å². The first-order chi connectivity index (χ1) is 18.2. The van der Waals surface area contributed by atoms with Crippen LogP contribution in [0.1, 0.15) is 33.7 Å². The smallest absolute Gasteiger partial charge is 0.0464 e. The maximum Gasteiger partial charge on any atom is 0.0464 e. The third kappa shape index (κ3) is 5.58. The number of para-hydroxylation sites is 1. The molecule has 0 aromatic heterocycles. The number of allylic oxidation sites excluding steroid dienone is 4. The molecule has 0 heterocycles. The average Bonchev–Trinajstić information content (AvgIpc) is 3.37. The molecule has 0 amide bonds. The molecule has 38 heavy (non-hydrogen) atoms. The molecule has 3 heteroatoms. The summed E-state index contributed by atoms with van der Waals surface area (Å²) in [6.07, 6.45) is 13.7. The SMILES string of the molecule is Cc1cc(C)cc(Nc2ccccc2-c2cccc(C3C=CC=C3)c2S(C)(C)Nc2cc(C)cc(C)c2)c1. The number of rotatable bonds is 7. The van der Waals surface area contributed by atoms with Crippen LogP contribution in [0, 0.1) is 27.7 Å². The Labute approximate surface area is 230 Å². The van der Waals surface area contributed by atoms with Crippen LogP contribution >= 0.6 is 10.2 Å². The topological polar surface area (TPSA) is 24.1 Å². The molecule has 0 saturated heterocycles. The molecule has 0 bridgehead atoms. The fourth-order valence-electron chi connectivity index (χ4n) is 5.65. The first-order valence-corrected chi connectivity index (χ1v) is 15.7. The zero-order valence-corrected chi connectivity index (χ0v) is 24.1. The molecule has 1 aliphatic carbocycles. The summed E-state index contributed by atoms with van der Waals surface area (Å²) in [6.45, 7) is 8.64. The monoisotopic (exact) mass is 518 g/mol. The van der Waals surface area contributed by atoms with Crippen molar-refractivity contribution in [2.24, 2.45) is 0 Å². The Balaban J connectivity index is 1.66. The molecule has 4 aromatic carbocycles. The number of benzene rings is 4. The van der Waals surface area contributed by atoms with E-state index >= 15 is 0 Å². The fourth-order valence-corrected chi connectivity index (χ4v) is 7.98. The number of hydrogen-bond acceptors (Lipinski definition) is 2. The minimum absolute atomic E-state index is 0.275. The maximum atomic E-state index is 3.99. The highest BCUT2D eigenvalue weighted by molar-refractivity contribution is 8.33. The lowest BCUT2D eigenvalue weighted by Gasteiger charge is -2.38. The Morgan fingerprint density at radius 1 is 0.605 bits per heavy atom. The van der Waals surface area contributed by atoms with E-state index in [4.69, 9.17) is 0 Å². The molecule has 5 rings (SSSR count). The Kier molecular flexibility index (Phi) is 7.23. The molecule has 0 fully saturated rings. The molecule has 4 aromatic rings. The number of hydrogen-bond donors (Lipinski definition) is 2. The van der Waals surface area contributed by atoms with Gasteiger partial charge < -0.3 is 10.0 Å². The minimum atomic E-state index is -1.44. The van der Waals surface area contributed by atoms with Crippen molar-refractivity contribution in [1.82, 2.24) is 0 Å². The van der Waals surface area contributed by atoms with Gasteiger partial charge in [0, 0.05) is 33.4 Å². The van der Waals surface area contributed by atoms with E-state index in [0.29, 0.717) is 0 Å². The van der Waals surface area contributed by atoms with Crippen molar-refractivity contribution in [1.29, 1.82) is 0 Å². The van der Waals surface area contributed by atoms with Gasteiger partial charge >= 0.3 is 0 Å². The van der Waals surface area contributed by atoms with Crippen molar-refractivity contribution < 1.29 is 0 Å². The summed E-state index contributed by atoms with van der Waals surface area (Å²) in [5, 5.41) is 3.75. The lowest BCUT2D eigenvalue weighted by Crippen LogP contribution is -2.13. The molecule has 0 saturated carbocycles. The van der Waals surface area contributed by atoms with Crippen molar-refractivity contribution in [3.05, 3.63) is 131 Å². The zero-order valence-electron chi connectivity index (χ0n) is 23.3. The summed E-state index contributed by atoms with van der Waals surface area (Å²) in [5.41, 5.74) is 12.4. The second kappa shape index (κ2) is 10.6. The van der Waals surface area contributed by atoms with E-state index < -0.39 is 10.2 Å². The second-order valence-corrected chi connectivity index (χ2v) is 14.1. The molecule has 0 spiro atoms. The van der Waals surface area contributed by atoms with Gasteiger partial charge in [-0.25, -0.2) is 0 Å². The van der Waals surface area contributed by atoms with E-state index in [1.807, 2.05) is 0 Å². The number of anilines is 3. The molecular weight excluding hydrogens is 480 g/mol. The second-order valence-electron chi connectivity index (χ2n) is 10.9. The fraction of sp³-hybridized carbons (Fsp3) is 0.200. The molecule has 2 N–H and O–H groups in total. The normalized spacial score (nSPS) is 13.6. The lowest BCUT2D eigenvalue weighted by atomic mass is 9.95. The number of aryl methyl sites for hydroxylation is 4. The summed E-state index contributed by atoms with van der Waals surface area (Å²) in [5.74, 6) is 0.275. The van der Waals surface area contributed by atoms with Gasteiger partial charge in [0.05, 0.1) is 0 Å². The van der Waals surface area contributed by atoms with Gasteiger partial charge in [-0.05, 0) is 104 Å². The van der Waals surface area contributed by atoms with Gasteiger partial charge in [-0.2, -0.15) is 0 Å². The molecule has 0 atom stereocenters. The standard InChI is InChI=1S/C35H38N2S/c1-24-18-25(2)21-29(20-24)36-34-17-10-9-14-32(34)33-16-11-15-31(28-12-7-8-13-28)35(33)38(5,6)37-30-22-26(3)19-27(4)23-30/h7-23,28,36-37H,1-6H3. The van der Waals surface area contributed by atoms with Gasteiger partial charge in [0.15, 0.2) is 0 Å². The lowest BCUT2D eigenvalue weighted by molar-refractivity contribution is 1.05. The van der Waals surface area contributed by atoms with E-state index in [0.717, 1.165) is 11.4 Å².